The second-order valence-corrected chi connectivity index (χ2v) is 7.20. The molecule has 0 bridgehead atoms. The van der Waals surface area contributed by atoms with Gasteiger partial charge < -0.3 is 4.90 Å². The number of carbonyl (C=O) groups is 1. The van der Waals surface area contributed by atoms with Crippen LogP contribution in [0.4, 0.5) is 4.39 Å². The summed E-state index contributed by atoms with van der Waals surface area (Å²) in [5.74, 6) is -0.159. The van der Waals surface area contributed by atoms with Crippen molar-refractivity contribution in [3.63, 3.8) is 0 Å². The highest BCUT2D eigenvalue weighted by Gasteiger charge is 2.21. The predicted octanol–water partition coefficient (Wildman–Crippen LogP) is 3.03. The quantitative estimate of drug-likeness (QED) is 0.803. The normalized spacial score (nSPS) is 15.5. The van der Waals surface area contributed by atoms with E-state index in [2.05, 4.69) is 10.00 Å². The van der Waals surface area contributed by atoms with Crippen LogP contribution in [0.25, 0.3) is 0 Å². The summed E-state index contributed by atoms with van der Waals surface area (Å²) in [5.41, 5.74) is 2.97. The number of nitrogens with zero attached hydrogens (tertiary/aromatic N) is 4. The first kappa shape index (κ1) is 18.9. The second-order valence-electron chi connectivity index (χ2n) is 6.79. The number of hydrogen-bond donors (Lipinski definition) is 0. The van der Waals surface area contributed by atoms with Gasteiger partial charge in [0.2, 0.25) is 5.91 Å². The molecule has 1 aromatic carbocycles. The van der Waals surface area contributed by atoms with E-state index in [-0.39, 0.29) is 11.7 Å². The summed E-state index contributed by atoms with van der Waals surface area (Å²) in [6, 6.07) is 6.52. The van der Waals surface area contributed by atoms with E-state index in [4.69, 9.17) is 11.6 Å². The summed E-state index contributed by atoms with van der Waals surface area (Å²) in [6.45, 7) is 8.24. The maximum atomic E-state index is 13.1. The molecule has 26 heavy (non-hydrogen) atoms. The molecule has 0 N–H and O–H groups in total. The van der Waals surface area contributed by atoms with E-state index < -0.39 is 0 Å². The fourth-order valence-electron chi connectivity index (χ4n) is 3.31. The summed E-state index contributed by atoms with van der Waals surface area (Å²) < 4.78 is 15.0. The number of aromatic nitrogens is 2. The molecular formula is C19H24ClFN4O. The lowest BCUT2D eigenvalue weighted by atomic mass is 10.2. The van der Waals surface area contributed by atoms with Gasteiger partial charge in [-0.2, -0.15) is 5.10 Å². The van der Waals surface area contributed by atoms with Crippen molar-refractivity contribution in [3.8, 4) is 0 Å². The number of benzene rings is 1. The van der Waals surface area contributed by atoms with E-state index in [9.17, 15) is 9.18 Å². The van der Waals surface area contributed by atoms with E-state index >= 15 is 0 Å². The minimum Gasteiger partial charge on any atom is -0.340 e. The van der Waals surface area contributed by atoms with Gasteiger partial charge in [0.1, 0.15) is 5.82 Å². The van der Waals surface area contributed by atoms with Gasteiger partial charge in [0.25, 0.3) is 0 Å². The molecule has 2 heterocycles. The lowest BCUT2D eigenvalue weighted by molar-refractivity contribution is -0.133. The van der Waals surface area contributed by atoms with Gasteiger partial charge in [-0.05, 0) is 37.6 Å². The van der Waals surface area contributed by atoms with Crippen LogP contribution in [0.5, 0.6) is 0 Å². The molecule has 0 aliphatic carbocycles. The van der Waals surface area contributed by atoms with Gasteiger partial charge in [0, 0.05) is 56.4 Å². The second kappa shape index (κ2) is 8.18. The molecule has 5 nitrogen and oxygen atoms in total. The van der Waals surface area contributed by atoms with E-state index in [1.807, 2.05) is 29.5 Å². The van der Waals surface area contributed by atoms with Crippen LogP contribution in [-0.2, 0) is 17.9 Å². The molecule has 140 valence electrons. The van der Waals surface area contributed by atoms with Gasteiger partial charge in [-0.3, -0.25) is 14.4 Å². The number of hydrogen-bond acceptors (Lipinski definition) is 3. The van der Waals surface area contributed by atoms with Gasteiger partial charge in [-0.25, -0.2) is 4.39 Å². The Kier molecular flexibility index (Phi) is 5.94. The number of amides is 1. The van der Waals surface area contributed by atoms with Crippen LogP contribution in [-0.4, -0.2) is 51.7 Å². The maximum absolute atomic E-state index is 13.1. The summed E-state index contributed by atoms with van der Waals surface area (Å²) in [5, 5.41) is 4.85. The van der Waals surface area contributed by atoms with Gasteiger partial charge in [0.05, 0.1) is 5.69 Å². The van der Waals surface area contributed by atoms with Crippen LogP contribution < -0.4 is 0 Å². The molecule has 3 rings (SSSR count). The Hall–Kier alpha value is -1.92. The zero-order chi connectivity index (χ0) is 18.7. The van der Waals surface area contributed by atoms with Crippen LogP contribution in [0.15, 0.2) is 24.3 Å². The summed E-state index contributed by atoms with van der Waals surface area (Å²) in [6.07, 6.45) is 0.464. The number of rotatable bonds is 5. The standard InChI is InChI=1S/C19H24ClFN4O/c1-14-11-15(2)25(22-14)6-5-19(26)24-9-7-23(8-10-24)13-16-3-4-17(21)12-18(16)20/h3-4,11-12H,5-10,13H2,1-2H3. The third-order valence-corrected chi connectivity index (χ3v) is 5.13. The first-order chi connectivity index (χ1) is 12.4. The zero-order valence-corrected chi connectivity index (χ0v) is 16.0. The molecule has 1 aliphatic rings. The van der Waals surface area contributed by atoms with Crippen molar-refractivity contribution in [3.05, 3.63) is 52.1 Å². The number of halogens is 2. The van der Waals surface area contributed by atoms with Crippen molar-refractivity contribution < 1.29 is 9.18 Å². The highest BCUT2D eigenvalue weighted by molar-refractivity contribution is 6.31. The fourth-order valence-corrected chi connectivity index (χ4v) is 3.53. The van der Waals surface area contributed by atoms with Crippen LogP contribution in [0.3, 0.4) is 0 Å². The van der Waals surface area contributed by atoms with Crippen molar-refractivity contribution in [2.24, 2.45) is 0 Å². The third kappa shape index (κ3) is 4.62. The van der Waals surface area contributed by atoms with Gasteiger partial charge in [-0.15, -0.1) is 0 Å². The largest absolute Gasteiger partial charge is 0.340 e. The van der Waals surface area contributed by atoms with Crippen LogP contribution in [0, 0.1) is 19.7 Å². The fraction of sp³-hybridized carbons (Fsp3) is 0.474. The SMILES string of the molecule is Cc1cc(C)n(CCC(=O)N2CCN(Cc3ccc(F)cc3Cl)CC2)n1. The van der Waals surface area contributed by atoms with Crippen LogP contribution >= 0.6 is 11.6 Å². The van der Waals surface area contributed by atoms with E-state index in [1.54, 1.807) is 6.07 Å². The van der Waals surface area contributed by atoms with Gasteiger partial charge in [-0.1, -0.05) is 17.7 Å². The van der Waals surface area contributed by atoms with Gasteiger partial charge in [0.15, 0.2) is 0 Å². The smallest absolute Gasteiger partial charge is 0.224 e. The molecule has 1 amide bonds. The third-order valence-electron chi connectivity index (χ3n) is 4.77. The van der Waals surface area contributed by atoms with Crippen molar-refractivity contribution in [2.45, 2.75) is 33.4 Å². The average molecular weight is 379 g/mol. The monoisotopic (exact) mass is 378 g/mol. The maximum Gasteiger partial charge on any atom is 0.224 e. The van der Waals surface area contributed by atoms with Crippen molar-refractivity contribution >= 4 is 17.5 Å². The minimum atomic E-state index is -0.322. The minimum absolute atomic E-state index is 0.164. The molecule has 1 saturated heterocycles. The summed E-state index contributed by atoms with van der Waals surface area (Å²) in [7, 11) is 0. The van der Waals surface area contributed by atoms with Crippen molar-refractivity contribution in [1.29, 1.82) is 0 Å². The predicted molar refractivity (Wildman–Crippen MR) is 99.6 cm³/mol. The van der Waals surface area contributed by atoms with E-state index in [0.29, 0.717) is 37.6 Å². The van der Waals surface area contributed by atoms with Crippen molar-refractivity contribution in [1.82, 2.24) is 19.6 Å². The Morgan fingerprint density at radius 3 is 2.54 bits per heavy atom. The van der Waals surface area contributed by atoms with Crippen molar-refractivity contribution in [2.75, 3.05) is 26.2 Å². The molecule has 0 atom stereocenters. The van der Waals surface area contributed by atoms with Crippen LogP contribution in [0.2, 0.25) is 5.02 Å². The molecule has 1 fully saturated rings. The average Bonchev–Trinajstić information content (AvgIpc) is 2.93. The highest BCUT2D eigenvalue weighted by atomic mass is 35.5. The molecule has 0 spiro atoms. The molecule has 0 saturated carbocycles. The number of carbonyl (C=O) groups excluding carboxylic acids is 1. The number of aryl methyl sites for hydroxylation is 3. The molecule has 0 unspecified atom stereocenters. The summed E-state index contributed by atoms with van der Waals surface area (Å²) >= 11 is 6.10. The van der Waals surface area contributed by atoms with Gasteiger partial charge >= 0.3 is 0 Å². The Balaban J connectivity index is 1.47. The lowest BCUT2D eigenvalue weighted by Gasteiger charge is -2.35. The Bertz CT molecular complexity index is 784. The Labute approximate surface area is 158 Å². The number of piperazine rings is 1. The molecule has 1 aromatic heterocycles. The van der Waals surface area contributed by atoms with E-state index in [0.717, 1.165) is 30.0 Å². The molecular weight excluding hydrogens is 355 g/mol. The first-order valence-corrected chi connectivity index (χ1v) is 9.25. The molecule has 1 aliphatic heterocycles. The molecule has 0 radical (unpaired) electrons. The summed E-state index contributed by atoms with van der Waals surface area (Å²) in [4.78, 5) is 16.6. The topological polar surface area (TPSA) is 41.4 Å². The zero-order valence-electron chi connectivity index (χ0n) is 15.2. The molecule has 7 heteroatoms. The molecule has 2 aromatic rings. The Morgan fingerprint density at radius 1 is 1.19 bits per heavy atom. The highest BCUT2D eigenvalue weighted by Crippen LogP contribution is 2.20. The van der Waals surface area contributed by atoms with E-state index in [1.165, 1.54) is 12.1 Å². The Morgan fingerprint density at radius 2 is 1.92 bits per heavy atom. The van der Waals surface area contributed by atoms with Crippen LogP contribution in [0.1, 0.15) is 23.4 Å². The lowest BCUT2D eigenvalue weighted by Crippen LogP contribution is -2.48. The first-order valence-electron chi connectivity index (χ1n) is 8.87.